The Balaban J connectivity index is 2.08. The molecular formula is C34H50O4S2. The van der Waals surface area contributed by atoms with Crippen molar-refractivity contribution in [3.8, 4) is 0 Å². The molecule has 0 aromatic rings. The third-order valence-electron chi connectivity index (χ3n) is 8.50. The molecule has 4 aliphatic rings. The van der Waals surface area contributed by atoms with Crippen LogP contribution in [0.15, 0.2) is 46.6 Å². The number of hydrogen-bond donors (Lipinski definition) is 1. The van der Waals surface area contributed by atoms with E-state index in [9.17, 15) is 14.7 Å². The maximum atomic E-state index is 14.0. The number of aliphatic hydroxyl groups excluding tert-OH is 1. The number of allylic oxidation sites excluding steroid dienone is 4. The van der Waals surface area contributed by atoms with E-state index in [0.717, 1.165) is 35.1 Å². The summed E-state index contributed by atoms with van der Waals surface area (Å²) in [6.07, 6.45) is 9.67. The Morgan fingerprint density at radius 3 is 1.27 bits per heavy atom. The molecule has 0 aromatic heterocycles. The van der Waals surface area contributed by atoms with Crippen LogP contribution in [0.5, 0.6) is 0 Å². The van der Waals surface area contributed by atoms with E-state index in [4.69, 9.17) is 4.74 Å². The molecule has 2 aliphatic heterocycles. The molecule has 0 saturated carbocycles. The summed E-state index contributed by atoms with van der Waals surface area (Å²) in [5.74, 6) is 0.197. The van der Waals surface area contributed by atoms with Crippen molar-refractivity contribution in [2.75, 3.05) is 6.61 Å². The van der Waals surface area contributed by atoms with Crippen molar-refractivity contribution < 1.29 is 19.4 Å². The van der Waals surface area contributed by atoms with Crippen LogP contribution in [0.3, 0.4) is 0 Å². The second kappa shape index (κ2) is 9.99. The third kappa shape index (κ3) is 5.52. The summed E-state index contributed by atoms with van der Waals surface area (Å²) in [7, 11) is 0. The van der Waals surface area contributed by atoms with Crippen molar-refractivity contribution in [2.45, 2.75) is 122 Å². The van der Waals surface area contributed by atoms with Gasteiger partial charge in [-0.15, -0.1) is 23.5 Å². The Kier molecular flexibility index (Phi) is 7.96. The van der Waals surface area contributed by atoms with Crippen molar-refractivity contribution in [1.82, 2.24) is 0 Å². The summed E-state index contributed by atoms with van der Waals surface area (Å²) in [5.41, 5.74) is 1.71. The smallest absolute Gasteiger partial charge is 0.185 e. The third-order valence-corrected chi connectivity index (χ3v) is 12.2. The molecule has 2 fully saturated rings. The van der Waals surface area contributed by atoms with E-state index in [2.05, 4.69) is 107 Å². The fourth-order valence-electron chi connectivity index (χ4n) is 6.09. The highest BCUT2D eigenvalue weighted by atomic mass is 32.2. The maximum Gasteiger partial charge on any atom is 0.185 e. The number of aliphatic hydroxyl groups is 1. The second-order valence-electron chi connectivity index (χ2n) is 16.1. The minimum atomic E-state index is -0.672. The standard InChI is InChI=1S/C34H50O4S2/c1-29(2,3)20-16-33(17-21(25(20)35)30(4,5)6)34(40-28(39-33)27(37)24-14-13-15-38-24)18-22(31(7,8)9)26(36)23(19-34)32(10,11)12/h16-19,24,27-28,37H,13-15H2,1-12H3. The summed E-state index contributed by atoms with van der Waals surface area (Å²) in [6.45, 7) is 25.9. The van der Waals surface area contributed by atoms with E-state index in [1.165, 1.54) is 0 Å². The number of Topliss-reactive ketones (excluding diaryl/α,β-unsaturated/α-hetero) is 2. The van der Waals surface area contributed by atoms with Gasteiger partial charge < -0.3 is 9.84 Å². The largest absolute Gasteiger partial charge is 0.388 e. The van der Waals surface area contributed by atoms with Crippen LogP contribution in [0.4, 0.5) is 0 Å². The van der Waals surface area contributed by atoms with Gasteiger partial charge in [0, 0.05) is 28.9 Å². The summed E-state index contributed by atoms with van der Waals surface area (Å²) in [5, 5.41) is 11.7. The SMILES string of the molecule is CC(C)(C)C1=CC2(C=C(C(C)(C)C)C1=O)SC(C(O)C1CCCO1)SC21C=C(C(C)(C)C)C(=O)C(C(C)(C)C)=C1. The molecule has 2 spiro atoms. The molecule has 6 heteroatoms. The van der Waals surface area contributed by atoms with Gasteiger partial charge in [0.25, 0.3) is 0 Å². The molecule has 222 valence electrons. The summed E-state index contributed by atoms with van der Waals surface area (Å²) >= 11 is 3.46. The zero-order valence-corrected chi connectivity index (χ0v) is 28.3. The molecule has 0 aromatic carbocycles. The summed E-state index contributed by atoms with van der Waals surface area (Å²) in [4.78, 5) is 28.1. The van der Waals surface area contributed by atoms with Crippen LogP contribution >= 0.6 is 23.5 Å². The number of hydrogen-bond acceptors (Lipinski definition) is 6. The van der Waals surface area contributed by atoms with Gasteiger partial charge in [0.15, 0.2) is 11.6 Å². The van der Waals surface area contributed by atoms with Crippen molar-refractivity contribution in [3.05, 3.63) is 46.6 Å². The molecule has 1 N–H and O–H groups in total. The number of carbonyl (C=O) groups excluding carboxylic acids is 2. The molecule has 2 aliphatic carbocycles. The number of thioether (sulfide) groups is 2. The first-order valence-electron chi connectivity index (χ1n) is 14.7. The maximum absolute atomic E-state index is 14.0. The Hall–Kier alpha value is -1.08. The van der Waals surface area contributed by atoms with Crippen molar-refractivity contribution in [2.24, 2.45) is 21.7 Å². The number of ether oxygens (including phenoxy) is 1. The molecule has 0 bridgehead atoms. The zero-order valence-electron chi connectivity index (χ0n) is 26.7. The lowest BCUT2D eigenvalue weighted by molar-refractivity contribution is -0.115. The molecule has 40 heavy (non-hydrogen) atoms. The molecule has 2 heterocycles. The lowest BCUT2D eigenvalue weighted by Crippen LogP contribution is -2.48. The highest BCUT2D eigenvalue weighted by molar-refractivity contribution is 8.22. The molecule has 0 amide bonds. The molecule has 2 unspecified atom stereocenters. The Bertz CT molecular complexity index is 1050. The predicted octanol–water partition coefficient (Wildman–Crippen LogP) is 7.87. The van der Waals surface area contributed by atoms with Crippen LogP contribution in [0.1, 0.15) is 95.9 Å². The highest BCUT2D eigenvalue weighted by Crippen LogP contribution is 2.67. The van der Waals surface area contributed by atoms with Gasteiger partial charge in [-0.3, -0.25) is 9.59 Å². The summed E-state index contributed by atoms with van der Waals surface area (Å²) < 4.78 is 4.42. The summed E-state index contributed by atoms with van der Waals surface area (Å²) in [6, 6.07) is 0. The molecule has 2 saturated heterocycles. The molecule has 0 radical (unpaired) electrons. The molecular weight excluding hydrogens is 537 g/mol. The van der Waals surface area contributed by atoms with Gasteiger partial charge in [0.2, 0.25) is 0 Å². The van der Waals surface area contributed by atoms with Crippen molar-refractivity contribution in [3.63, 3.8) is 0 Å². The minimum absolute atomic E-state index is 0.0986. The van der Waals surface area contributed by atoms with E-state index in [0.29, 0.717) is 6.61 Å². The van der Waals surface area contributed by atoms with E-state index in [1.54, 1.807) is 23.5 Å². The first-order valence-corrected chi connectivity index (χ1v) is 16.5. The number of carbonyl (C=O) groups is 2. The average molecular weight is 587 g/mol. The van der Waals surface area contributed by atoms with Crippen LogP contribution in [0.25, 0.3) is 0 Å². The van der Waals surface area contributed by atoms with Crippen LogP contribution in [0.2, 0.25) is 0 Å². The van der Waals surface area contributed by atoms with Gasteiger partial charge in [-0.25, -0.2) is 0 Å². The van der Waals surface area contributed by atoms with E-state index >= 15 is 0 Å². The second-order valence-corrected chi connectivity index (χ2v) is 19.3. The Morgan fingerprint density at radius 1 is 0.700 bits per heavy atom. The first kappa shape index (κ1) is 31.8. The quantitative estimate of drug-likeness (QED) is 0.355. The van der Waals surface area contributed by atoms with Gasteiger partial charge in [0.05, 0.1) is 20.2 Å². The Morgan fingerprint density at radius 2 is 1.02 bits per heavy atom. The van der Waals surface area contributed by atoms with E-state index in [1.807, 2.05) is 0 Å². The average Bonchev–Trinajstić information content (AvgIpc) is 3.41. The topological polar surface area (TPSA) is 63.6 Å². The fourth-order valence-corrected chi connectivity index (χ4v) is 10.3. The normalized spacial score (nSPS) is 26.7. The minimum Gasteiger partial charge on any atom is -0.388 e. The van der Waals surface area contributed by atoms with Crippen LogP contribution in [-0.4, -0.2) is 49.6 Å². The van der Waals surface area contributed by atoms with Crippen LogP contribution in [0, 0.1) is 21.7 Å². The number of rotatable bonds is 2. The van der Waals surface area contributed by atoms with Gasteiger partial charge in [-0.2, -0.15) is 0 Å². The fraction of sp³-hybridized carbons (Fsp3) is 0.706. The van der Waals surface area contributed by atoms with Crippen molar-refractivity contribution >= 4 is 35.1 Å². The number of fused-ring (bicyclic) bond motifs is 1. The van der Waals surface area contributed by atoms with Gasteiger partial charge in [0.1, 0.15) is 6.10 Å². The number of ketones is 2. The monoisotopic (exact) mass is 586 g/mol. The zero-order chi connectivity index (χ0) is 30.3. The van der Waals surface area contributed by atoms with Crippen LogP contribution < -0.4 is 0 Å². The Labute approximate surface area is 250 Å². The van der Waals surface area contributed by atoms with Gasteiger partial charge >= 0.3 is 0 Å². The van der Waals surface area contributed by atoms with Crippen molar-refractivity contribution in [1.29, 1.82) is 0 Å². The molecule has 4 rings (SSSR count). The van der Waals surface area contributed by atoms with Gasteiger partial charge in [-0.05, 0) is 34.5 Å². The van der Waals surface area contributed by atoms with E-state index in [-0.39, 0.29) is 43.9 Å². The van der Waals surface area contributed by atoms with E-state index < -0.39 is 15.6 Å². The lowest BCUT2D eigenvalue weighted by atomic mass is 9.65. The lowest BCUT2D eigenvalue weighted by Gasteiger charge is -2.46. The first-order chi connectivity index (χ1) is 18.0. The molecule has 2 atom stereocenters. The predicted molar refractivity (Wildman–Crippen MR) is 170 cm³/mol. The van der Waals surface area contributed by atoms with Crippen LogP contribution in [-0.2, 0) is 14.3 Å². The highest BCUT2D eigenvalue weighted by Gasteiger charge is 2.62. The van der Waals surface area contributed by atoms with Gasteiger partial charge in [-0.1, -0.05) is 107 Å². The molecule has 4 nitrogen and oxygen atoms in total.